The Labute approximate surface area is 131 Å². The predicted molar refractivity (Wildman–Crippen MR) is 84.1 cm³/mol. The Bertz CT molecular complexity index is 595. The van der Waals surface area contributed by atoms with Crippen LogP contribution in [0.5, 0.6) is 0 Å². The summed E-state index contributed by atoms with van der Waals surface area (Å²) in [4.78, 5) is 16.6. The van der Waals surface area contributed by atoms with Crippen molar-refractivity contribution in [3.63, 3.8) is 0 Å². The van der Waals surface area contributed by atoms with Gasteiger partial charge in [0.25, 0.3) is 0 Å². The molecule has 1 aromatic carbocycles. The van der Waals surface area contributed by atoms with Gasteiger partial charge in [0.1, 0.15) is 6.04 Å². The van der Waals surface area contributed by atoms with Crippen molar-refractivity contribution in [3.8, 4) is 0 Å². The molecule has 1 atom stereocenters. The van der Waals surface area contributed by atoms with E-state index in [9.17, 15) is 4.79 Å². The van der Waals surface area contributed by atoms with E-state index in [1.807, 2.05) is 24.3 Å². The molecule has 0 amide bonds. The fraction of sp³-hybridized carbons (Fsp3) is 0.286. The third kappa shape index (κ3) is 3.43. The van der Waals surface area contributed by atoms with Gasteiger partial charge in [0.15, 0.2) is 0 Å². The smallest absolute Gasteiger partial charge is 0.338 e. The molecule has 0 saturated heterocycles. The van der Waals surface area contributed by atoms with Crippen LogP contribution in [-0.4, -0.2) is 18.5 Å². The number of guanidine groups is 1. The number of esters is 1. The zero-order valence-electron chi connectivity index (χ0n) is 11.8. The lowest BCUT2D eigenvalue weighted by molar-refractivity contribution is -0.138. The van der Waals surface area contributed by atoms with Crippen LogP contribution in [0.1, 0.15) is 25.5 Å². The van der Waals surface area contributed by atoms with Crippen molar-refractivity contribution in [2.45, 2.75) is 19.9 Å². The van der Waals surface area contributed by atoms with Gasteiger partial charge in [0, 0.05) is 10.2 Å². The van der Waals surface area contributed by atoms with E-state index in [-0.39, 0.29) is 5.97 Å². The number of allylic oxidation sites excluding steroid dienone is 1. The van der Waals surface area contributed by atoms with Gasteiger partial charge in [-0.3, -0.25) is 5.43 Å². The van der Waals surface area contributed by atoms with Crippen LogP contribution in [0.4, 0.5) is 0 Å². The van der Waals surface area contributed by atoms with Gasteiger partial charge in [-0.2, -0.15) is 0 Å². The largest absolute Gasteiger partial charge is 0.463 e. The Morgan fingerprint density at radius 2 is 2.14 bits per heavy atom. The number of rotatable bonds is 3. The number of nitrogens with two attached hydrogens (primary N) is 1. The highest BCUT2D eigenvalue weighted by Crippen LogP contribution is 2.31. The number of hydrogen-bond donors (Lipinski definition) is 3. The third-order valence-corrected chi connectivity index (χ3v) is 3.59. The molecule has 0 saturated carbocycles. The fourth-order valence-electron chi connectivity index (χ4n) is 2.11. The van der Waals surface area contributed by atoms with Gasteiger partial charge in [-0.05, 0) is 31.5 Å². The molecule has 112 valence electrons. The first-order valence-electron chi connectivity index (χ1n) is 6.51. The van der Waals surface area contributed by atoms with Gasteiger partial charge >= 0.3 is 5.97 Å². The van der Waals surface area contributed by atoms with Crippen molar-refractivity contribution in [1.82, 2.24) is 10.7 Å². The number of nitrogens with one attached hydrogen (secondary N) is 2. The molecule has 21 heavy (non-hydrogen) atoms. The van der Waals surface area contributed by atoms with E-state index in [4.69, 9.17) is 10.6 Å². The second-order valence-corrected chi connectivity index (χ2v) is 5.38. The molecule has 0 bridgehead atoms. The quantitative estimate of drug-likeness (QED) is 0.438. The van der Waals surface area contributed by atoms with Crippen LogP contribution in [0.25, 0.3) is 0 Å². The van der Waals surface area contributed by atoms with Gasteiger partial charge < -0.3 is 10.1 Å². The number of benzene rings is 1. The number of aliphatic imine (C=N–C) groups is 1. The Hall–Kier alpha value is -1.86. The predicted octanol–water partition coefficient (Wildman–Crippen LogP) is 1.75. The molecule has 1 heterocycles. The van der Waals surface area contributed by atoms with Crippen LogP contribution >= 0.6 is 15.9 Å². The molecular weight excluding hydrogens is 336 g/mol. The highest BCUT2D eigenvalue weighted by atomic mass is 79.9. The van der Waals surface area contributed by atoms with E-state index < -0.39 is 6.04 Å². The molecule has 7 heteroatoms. The first-order valence-corrected chi connectivity index (χ1v) is 7.31. The average Bonchev–Trinajstić information content (AvgIpc) is 2.47. The Morgan fingerprint density at radius 1 is 1.48 bits per heavy atom. The minimum atomic E-state index is -0.454. The highest BCUT2D eigenvalue weighted by molar-refractivity contribution is 9.10. The second kappa shape index (κ2) is 6.73. The van der Waals surface area contributed by atoms with Crippen LogP contribution < -0.4 is 16.6 Å². The van der Waals surface area contributed by atoms with E-state index in [1.54, 1.807) is 13.8 Å². The SMILES string of the molecule is CCOC(=O)C1=C(C)NC(NN)=N[C@@H]1c1ccc(Br)cc1. The first-order chi connectivity index (χ1) is 10.1. The van der Waals surface area contributed by atoms with Crippen molar-refractivity contribution in [1.29, 1.82) is 0 Å². The van der Waals surface area contributed by atoms with E-state index in [2.05, 4.69) is 31.7 Å². The summed E-state index contributed by atoms with van der Waals surface area (Å²) in [5.41, 5.74) is 4.52. The van der Waals surface area contributed by atoms with Gasteiger partial charge in [0.2, 0.25) is 5.96 Å². The number of hydrazine groups is 1. The maximum absolute atomic E-state index is 12.2. The van der Waals surface area contributed by atoms with Gasteiger partial charge in [-0.15, -0.1) is 0 Å². The molecule has 0 fully saturated rings. The average molecular weight is 353 g/mol. The first kappa shape index (κ1) is 15.5. The monoisotopic (exact) mass is 352 g/mol. The van der Waals surface area contributed by atoms with E-state index >= 15 is 0 Å². The maximum Gasteiger partial charge on any atom is 0.338 e. The molecule has 1 aliphatic rings. The molecular formula is C14H17BrN4O2. The number of hydrogen-bond acceptors (Lipinski definition) is 6. The molecule has 0 aliphatic carbocycles. The summed E-state index contributed by atoms with van der Waals surface area (Å²) in [6.45, 7) is 3.88. The van der Waals surface area contributed by atoms with E-state index in [1.165, 1.54) is 0 Å². The van der Waals surface area contributed by atoms with Crippen molar-refractivity contribution in [2.24, 2.45) is 10.8 Å². The highest BCUT2D eigenvalue weighted by Gasteiger charge is 2.30. The summed E-state index contributed by atoms with van der Waals surface area (Å²) >= 11 is 3.39. The Kier molecular flexibility index (Phi) is 4.98. The molecule has 6 nitrogen and oxygen atoms in total. The molecule has 1 aromatic rings. The summed E-state index contributed by atoms with van der Waals surface area (Å²) in [5.74, 6) is 5.45. The van der Waals surface area contributed by atoms with Crippen LogP contribution in [-0.2, 0) is 9.53 Å². The van der Waals surface area contributed by atoms with Gasteiger partial charge in [-0.25, -0.2) is 15.6 Å². The molecule has 0 aromatic heterocycles. The fourth-order valence-corrected chi connectivity index (χ4v) is 2.37. The normalized spacial score (nSPS) is 17.9. The van der Waals surface area contributed by atoms with Crippen molar-refractivity contribution in [2.75, 3.05) is 6.61 Å². The lowest BCUT2D eigenvalue weighted by atomic mass is 9.96. The van der Waals surface area contributed by atoms with E-state index in [0.717, 1.165) is 10.0 Å². The summed E-state index contributed by atoms with van der Waals surface area (Å²) in [5, 5.41) is 2.95. The third-order valence-electron chi connectivity index (χ3n) is 3.06. The topological polar surface area (TPSA) is 88.7 Å². The molecule has 4 N–H and O–H groups in total. The Morgan fingerprint density at radius 3 is 2.71 bits per heavy atom. The summed E-state index contributed by atoms with van der Waals surface area (Å²) in [6.07, 6.45) is 0. The van der Waals surface area contributed by atoms with Crippen LogP contribution in [0.2, 0.25) is 0 Å². The van der Waals surface area contributed by atoms with Crippen molar-refractivity contribution >= 4 is 27.9 Å². The number of halogens is 1. The maximum atomic E-state index is 12.2. The van der Waals surface area contributed by atoms with Crippen LogP contribution in [0.3, 0.4) is 0 Å². The molecule has 2 rings (SSSR count). The van der Waals surface area contributed by atoms with Gasteiger partial charge in [-0.1, -0.05) is 28.1 Å². The number of carbonyl (C=O) groups excluding carboxylic acids is 1. The zero-order valence-corrected chi connectivity index (χ0v) is 13.4. The Balaban J connectivity index is 2.44. The zero-order chi connectivity index (χ0) is 15.4. The van der Waals surface area contributed by atoms with Crippen LogP contribution in [0.15, 0.2) is 45.0 Å². The molecule has 0 spiro atoms. The standard InChI is InChI=1S/C14H17BrN4O2/c1-3-21-13(20)11-8(2)17-14(19-16)18-12(11)9-4-6-10(15)7-5-9/h4-7,12H,3,16H2,1-2H3,(H2,17,18,19)/t12-/m1/s1. The lowest BCUT2D eigenvalue weighted by Crippen LogP contribution is -2.44. The molecule has 0 radical (unpaired) electrons. The summed E-state index contributed by atoms with van der Waals surface area (Å²) in [6, 6.07) is 7.17. The van der Waals surface area contributed by atoms with E-state index in [0.29, 0.717) is 23.8 Å². The number of ether oxygens (including phenoxy) is 1. The summed E-state index contributed by atoms with van der Waals surface area (Å²) in [7, 11) is 0. The van der Waals surface area contributed by atoms with Crippen molar-refractivity contribution in [3.05, 3.63) is 45.6 Å². The number of carbonyl (C=O) groups is 1. The molecule has 1 aliphatic heterocycles. The van der Waals surface area contributed by atoms with Crippen molar-refractivity contribution < 1.29 is 9.53 Å². The minimum absolute atomic E-state index is 0.314. The van der Waals surface area contributed by atoms with Gasteiger partial charge in [0.05, 0.1) is 12.2 Å². The second-order valence-electron chi connectivity index (χ2n) is 4.46. The number of nitrogens with zero attached hydrogens (tertiary/aromatic N) is 1. The minimum Gasteiger partial charge on any atom is -0.463 e. The van der Waals surface area contributed by atoms with Crippen LogP contribution in [0, 0.1) is 0 Å². The summed E-state index contributed by atoms with van der Waals surface area (Å²) < 4.78 is 6.09. The lowest BCUT2D eigenvalue weighted by Gasteiger charge is -2.25. The molecule has 0 unspecified atom stereocenters.